The fraction of sp³-hybridized carbons (Fsp3) is 1.00. The largest absolute Gasteiger partial charge is 0.306 e. The Morgan fingerprint density at radius 1 is 1.50 bits per heavy atom. The van der Waals surface area contributed by atoms with E-state index in [1.165, 1.54) is 0 Å². The molecule has 2 aliphatic rings. The molecule has 0 unspecified atom stereocenters. The Labute approximate surface area is 60.2 Å². The van der Waals surface area contributed by atoms with Crippen molar-refractivity contribution in [2.24, 2.45) is 0 Å². The summed E-state index contributed by atoms with van der Waals surface area (Å²) in [7, 11) is 0. The first-order chi connectivity index (χ1) is 5.08. The van der Waals surface area contributed by atoms with Crippen LogP contribution in [0.5, 0.6) is 0 Å². The summed E-state index contributed by atoms with van der Waals surface area (Å²) in [6.45, 7) is 0. The van der Waals surface area contributed by atoms with Gasteiger partial charge in [-0.15, -0.1) is 0 Å². The van der Waals surface area contributed by atoms with E-state index in [0.717, 1.165) is 0 Å². The van der Waals surface area contributed by atoms with Crippen LogP contribution in [0.25, 0.3) is 0 Å². The Balaban J connectivity index is 2.14. The van der Waals surface area contributed by atoms with Crippen LogP contribution < -0.4 is 5.32 Å². The van der Waals surface area contributed by atoms with Gasteiger partial charge < -0.3 is 5.32 Å². The Kier molecular flexibility index (Phi) is 1.04. The first kappa shape index (κ1) is 5.47. The van der Waals surface area contributed by atoms with Crippen molar-refractivity contribution in [1.82, 2.24) is 5.32 Å². The summed E-state index contributed by atoms with van der Waals surface area (Å²) < 4.78 is 33.2. The zero-order valence-electron chi connectivity index (χ0n) is 6.61. The lowest BCUT2D eigenvalue weighted by molar-refractivity contribution is -0.0118. The fourth-order valence-electron chi connectivity index (χ4n) is 1.79. The third-order valence-electron chi connectivity index (χ3n) is 2.32. The summed E-state index contributed by atoms with van der Waals surface area (Å²) in [5.41, 5.74) is 0. The van der Waals surface area contributed by atoms with Crippen molar-refractivity contribution in [1.29, 1.82) is 0 Å². The molecule has 1 nitrogen and oxygen atoms in total. The van der Waals surface area contributed by atoms with Crippen LogP contribution in [0.3, 0.4) is 0 Å². The van der Waals surface area contributed by atoms with Crippen molar-refractivity contribution in [2.75, 3.05) is 0 Å². The van der Waals surface area contributed by atoms with Crippen molar-refractivity contribution in [2.45, 2.75) is 43.7 Å². The Hall–Kier alpha value is -0.180. The number of hydrogen-bond donors (Lipinski definition) is 1. The second-order valence-electron chi connectivity index (χ2n) is 3.14. The van der Waals surface area contributed by atoms with E-state index in [4.69, 9.17) is 1.37 Å². The highest BCUT2D eigenvalue weighted by molar-refractivity contribution is 4.99. The van der Waals surface area contributed by atoms with E-state index in [1.807, 2.05) is 0 Å². The summed E-state index contributed by atoms with van der Waals surface area (Å²) in [6, 6.07) is -0.824. The molecule has 3 atom stereocenters. The van der Waals surface area contributed by atoms with E-state index in [0.29, 0.717) is 12.8 Å². The van der Waals surface area contributed by atoms with Crippen molar-refractivity contribution in [3.05, 3.63) is 0 Å². The maximum atomic E-state index is 12.9. The number of fused-ring (bicyclic) bond motifs is 2. The van der Waals surface area contributed by atoms with Crippen molar-refractivity contribution in [3.8, 4) is 0 Å². The van der Waals surface area contributed by atoms with Crippen LogP contribution in [-0.2, 0) is 0 Å². The molecule has 0 saturated carbocycles. The minimum absolute atomic E-state index is 0.0625. The number of piperidine rings is 1. The Morgan fingerprint density at radius 2 is 2.30 bits per heavy atom. The number of hydrogen-bond acceptors (Lipinski definition) is 1. The van der Waals surface area contributed by atoms with Gasteiger partial charge >= 0.3 is 0 Å². The van der Waals surface area contributed by atoms with Crippen LogP contribution in [0.1, 0.15) is 27.0 Å². The van der Waals surface area contributed by atoms with Crippen LogP contribution in [0.4, 0.5) is 8.78 Å². The van der Waals surface area contributed by atoms with Crippen LogP contribution in [0.15, 0.2) is 0 Å². The van der Waals surface area contributed by atoms with Crippen LogP contribution in [0.2, 0.25) is 0 Å². The minimum atomic E-state index is -2.56. The number of halogens is 2. The molecular weight excluding hydrogens is 136 g/mol. The molecule has 2 heterocycles. The molecule has 1 N–H and O–H groups in total. The Bertz CT molecular complexity index is 174. The van der Waals surface area contributed by atoms with Gasteiger partial charge in [-0.1, -0.05) is 6.40 Å². The summed E-state index contributed by atoms with van der Waals surface area (Å²) in [5, 5.41) is 2.84. The van der Waals surface area contributed by atoms with Gasteiger partial charge in [-0.2, -0.15) is 0 Å². The smallest absolute Gasteiger partial charge is 0.264 e. The number of alkyl halides is 2. The molecule has 2 aliphatic heterocycles. The molecule has 0 spiro atoms. The molecule has 2 rings (SSSR count). The maximum absolute atomic E-state index is 12.9. The van der Waals surface area contributed by atoms with Crippen LogP contribution >= 0.6 is 0 Å². The molecule has 2 saturated heterocycles. The summed E-state index contributed by atoms with van der Waals surface area (Å²) in [4.78, 5) is 0. The summed E-state index contributed by atoms with van der Waals surface area (Å²) >= 11 is 0. The SMILES string of the molecule is [2H][C@H]1C[C@@H]2CC(F)(F)[C@H](C1)N2. The van der Waals surface area contributed by atoms with Gasteiger partial charge in [-0.3, -0.25) is 0 Å². The molecule has 3 heteroatoms. The predicted molar refractivity (Wildman–Crippen MR) is 34.1 cm³/mol. The average Bonchev–Trinajstić information content (AvgIpc) is 2.02. The van der Waals surface area contributed by atoms with Crippen molar-refractivity contribution < 1.29 is 10.2 Å². The first-order valence-electron chi connectivity index (χ1n) is 4.22. The number of rotatable bonds is 0. The number of nitrogens with one attached hydrogen (secondary N) is 1. The summed E-state index contributed by atoms with van der Waals surface area (Å²) in [6.07, 6.45) is 0.558. The molecule has 2 fully saturated rings. The van der Waals surface area contributed by atoms with Crippen LogP contribution in [0, 0.1) is 0 Å². The Morgan fingerprint density at radius 3 is 3.00 bits per heavy atom. The van der Waals surface area contributed by atoms with Gasteiger partial charge in [0.25, 0.3) is 5.92 Å². The van der Waals surface area contributed by atoms with Gasteiger partial charge in [0.1, 0.15) is 0 Å². The highest BCUT2D eigenvalue weighted by Crippen LogP contribution is 2.38. The predicted octanol–water partition coefficient (Wildman–Crippen LogP) is 1.54. The molecule has 0 aromatic heterocycles. The third-order valence-corrected chi connectivity index (χ3v) is 2.32. The second kappa shape index (κ2) is 1.91. The van der Waals surface area contributed by atoms with E-state index >= 15 is 0 Å². The summed E-state index contributed by atoms with van der Waals surface area (Å²) in [5.74, 6) is -2.56. The fourth-order valence-corrected chi connectivity index (χ4v) is 1.79. The first-order valence-corrected chi connectivity index (χ1v) is 3.64. The lowest BCUT2D eigenvalue weighted by Gasteiger charge is -2.21. The molecular formula is C7H11F2N. The normalized spacial score (nSPS) is 52.6. The zero-order chi connectivity index (χ0) is 8.06. The molecule has 2 bridgehead atoms. The molecule has 10 heavy (non-hydrogen) atoms. The van der Waals surface area contributed by atoms with Gasteiger partial charge in [-0.05, 0) is 12.8 Å². The van der Waals surface area contributed by atoms with E-state index < -0.39 is 12.0 Å². The van der Waals surface area contributed by atoms with Gasteiger partial charge in [-0.25, -0.2) is 8.78 Å². The highest BCUT2D eigenvalue weighted by Gasteiger charge is 2.49. The molecule has 0 amide bonds. The van der Waals surface area contributed by atoms with Gasteiger partial charge in [0.2, 0.25) is 0 Å². The quantitative estimate of drug-likeness (QED) is 0.549. The lowest BCUT2D eigenvalue weighted by atomic mass is 10.1. The highest BCUT2D eigenvalue weighted by atomic mass is 19.3. The zero-order valence-corrected chi connectivity index (χ0v) is 5.61. The van der Waals surface area contributed by atoms with Gasteiger partial charge in [0.15, 0.2) is 0 Å². The van der Waals surface area contributed by atoms with E-state index in [-0.39, 0.29) is 18.9 Å². The van der Waals surface area contributed by atoms with E-state index in [1.54, 1.807) is 0 Å². The maximum Gasteiger partial charge on any atom is 0.264 e. The second-order valence-corrected chi connectivity index (χ2v) is 3.14. The lowest BCUT2D eigenvalue weighted by Crippen LogP contribution is -2.39. The molecule has 58 valence electrons. The molecule has 0 aliphatic carbocycles. The van der Waals surface area contributed by atoms with E-state index in [9.17, 15) is 8.78 Å². The van der Waals surface area contributed by atoms with Crippen molar-refractivity contribution in [3.63, 3.8) is 0 Å². The average molecular weight is 148 g/mol. The standard InChI is InChI=1S/C7H11F2N/c8-7(9)4-5-2-1-3-6(7)10-5/h5-6,10H,1-4H2/t5-,6+/m1/s1/i1D/t1-,5+,6-/m0. The molecule has 0 aromatic rings. The van der Waals surface area contributed by atoms with Crippen LogP contribution in [-0.4, -0.2) is 18.0 Å². The topological polar surface area (TPSA) is 12.0 Å². The minimum Gasteiger partial charge on any atom is -0.306 e. The molecule has 0 radical (unpaired) electrons. The van der Waals surface area contributed by atoms with E-state index in [2.05, 4.69) is 5.32 Å². The molecule has 0 aromatic carbocycles. The third kappa shape index (κ3) is 0.839. The van der Waals surface area contributed by atoms with Gasteiger partial charge in [0.05, 0.1) is 6.04 Å². The van der Waals surface area contributed by atoms with Crippen molar-refractivity contribution >= 4 is 0 Å². The monoisotopic (exact) mass is 148 g/mol. The van der Waals surface area contributed by atoms with Gasteiger partial charge in [0, 0.05) is 13.8 Å².